The standard InChI is InChI=1S/C18H29N5O/c1-2-7-21-8-10-22(11-9-21)18(24)17-15-12-19-6-5-16(15)23(20-17)13-14-3-4-14/h14,19H,2-13H2,1H3. The normalized spacial score (nSPS) is 21.8. The van der Waals surface area contributed by atoms with Crippen molar-refractivity contribution in [1.82, 2.24) is 24.9 Å². The topological polar surface area (TPSA) is 53.4 Å². The zero-order valence-electron chi connectivity index (χ0n) is 14.8. The molecular weight excluding hydrogens is 302 g/mol. The van der Waals surface area contributed by atoms with Crippen LogP contribution in [-0.2, 0) is 19.5 Å². The second kappa shape index (κ2) is 6.84. The van der Waals surface area contributed by atoms with Crippen LogP contribution < -0.4 is 5.32 Å². The molecule has 2 fully saturated rings. The molecule has 24 heavy (non-hydrogen) atoms. The molecule has 1 aliphatic carbocycles. The Kier molecular flexibility index (Phi) is 4.59. The second-order valence-electron chi connectivity index (χ2n) is 7.46. The first-order valence-electron chi connectivity index (χ1n) is 9.57. The Morgan fingerprint density at radius 3 is 2.75 bits per heavy atom. The van der Waals surface area contributed by atoms with E-state index in [-0.39, 0.29) is 5.91 Å². The summed E-state index contributed by atoms with van der Waals surface area (Å²) in [6, 6.07) is 0. The zero-order valence-corrected chi connectivity index (χ0v) is 14.8. The van der Waals surface area contributed by atoms with Crippen LogP contribution in [0.2, 0.25) is 0 Å². The van der Waals surface area contributed by atoms with Gasteiger partial charge in [0.15, 0.2) is 5.69 Å². The van der Waals surface area contributed by atoms with Gasteiger partial charge in [-0.1, -0.05) is 6.92 Å². The van der Waals surface area contributed by atoms with E-state index >= 15 is 0 Å². The molecule has 0 spiro atoms. The molecule has 1 aromatic heterocycles. The summed E-state index contributed by atoms with van der Waals surface area (Å²) in [4.78, 5) is 17.5. The predicted molar refractivity (Wildman–Crippen MR) is 93.0 cm³/mol. The van der Waals surface area contributed by atoms with E-state index in [1.807, 2.05) is 4.90 Å². The lowest BCUT2D eigenvalue weighted by Crippen LogP contribution is -2.49. The summed E-state index contributed by atoms with van der Waals surface area (Å²) in [5, 5.41) is 8.19. The van der Waals surface area contributed by atoms with E-state index in [0.29, 0.717) is 5.69 Å². The third-order valence-electron chi connectivity index (χ3n) is 5.54. The summed E-state index contributed by atoms with van der Waals surface area (Å²) >= 11 is 0. The molecule has 1 N–H and O–H groups in total. The number of amides is 1. The van der Waals surface area contributed by atoms with Crippen LogP contribution >= 0.6 is 0 Å². The Bertz CT molecular complexity index is 599. The van der Waals surface area contributed by atoms with Gasteiger partial charge in [0.25, 0.3) is 5.91 Å². The van der Waals surface area contributed by atoms with E-state index in [1.54, 1.807) is 0 Å². The van der Waals surface area contributed by atoms with E-state index in [2.05, 4.69) is 21.8 Å². The van der Waals surface area contributed by atoms with Gasteiger partial charge in [0.1, 0.15) is 0 Å². The van der Waals surface area contributed by atoms with Gasteiger partial charge in [0.05, 0.1) is 0 Å². The van der Waals surface area contributed by atoms with Crippen LogP contribution in [0.4, 0.5) is 0 Å². The van der Waals surface area contributed by atoms with Crippen LogP contribution in [0.5, 0.6) is 0 Å². The third-order valence-corrected chi connectivity index (χ3v) is 5.54. The highest BCUT2D eigenvalue weighted by atomic mass is 16.2. The van der Waals surface area contributed by atoms with Gasteiger partial charge in [-0.15, -0.1) is 0 Å². The smallest absolute Gasteiger partial charge is 0.274 e. The Morgan fingerprint density at radius 2 is 2.04 bits per heavy atom. The molecule has 0 atom stereocenters. The van der Waals surface area contributed by atoms with Gasteiger partial charge in [-0.2, -0.15) is 5.10 Å². The maximum Gasteiger partial charge on any atom is 0.274 e. The van der Waals surface area contributed by atoms with Crippen LogP contribution in [0.1, 0.15) is 47.9 Å². The largest absolute Gasteiger partial charge is 0.335 e. The number of fused-ring (bicyclic) bond motifs is 1. The summed E-state index contributed by atoms with van der Waals surface area (Å²) in [6.07, 6.45) is 4.80. The molecule has 0 unspecified atom stereocenters. The summed E-state index contributed by atoms with van der Waals surface area (Å²) in [6.45, 7) is 9.77. The van der Waals surface area contributed by atoms with Crippen molar-refractivity contribution in [1.29, 1.82) is 0 Å². The minimum absolute atomic E-state index is 0.139. The van der Waals surface area contributed by atoms with Crippen LogP contribution in [0.15, 0.2) is 0 Å². The molecule has 6 nitrogen and oxygen atoms in total. The van der Waals surface area contributed by atoms with Crippen molar-refractivity contribution in [2.75, 3.05) is 39.3 Å². The number of rotatable bonds is 5. The second-order valence-corrected chi connectivity index (χ2v) is 7.46. The number of nitrogens with one attached hydrogen (secondary N) is 1. The SMILES string of the molecule is CCCN1CCN(C(=O)c2nn(CC3CC3)c3c2CNCC3)CC1. The number of hydrogen-bond donors (Lipinski definition) is 1. The Labute approximate surface area is 144 Å². The van der Waals surface area contributed by atoms with Crippen molar-refractivity contribution in [2.45, 2.75) is 45.7 Å². The molecule has 2 aliphatic heterocycles. The minimum atomic E-state index is 0.139. The van der Waals surface area contributed by atoms with Gasteiger partial charge in [0, 0.05) is 63.5 Å². The fourth-order valence-electron chi connectivity index (χ4n) is 3.93. The first kappa shape index (κ1) is 16.1. The van der Waals surface area contributed by atoms with Gasteiger partial charge in [-0.3, -0.25) is 14.4 Å². The molecule has 3 heterocycles. The Balaban J connectivity index is 1.50. The molecular formula is C18H29N5O. The van der Waals surface area contributed by atoms with E-state index in [9.17, 15) is 4.79 Å². The molecule has 1 amide bonds. The van der Waals surface area contributed by atoms with Gasteiger partial charge >= 0.3 is 0 Å². The highest BCUT2D eigenvalue weighted by Gasteiger charge is 2.31. The number of aromatic nitrogens is 2. The van der Waals surface area contributed by atoms with Gasteiger partial charge in [-0.25, -0.2) is 0 Å². The molecule has 6 heteroatoms. The number of nitrogens with zero attached hydrogens (tertiary/aromatic N) is 4. The molecule has 1 aromatic rings. The first-order valence-corrected chi connectivity index (χ1v) is 9.57. The minimum Gasteiger partial charge on any atom is -0.335 e. The molecule has 1 saturated carbocycles. The number of piperazine rings is 1. The lowest BCUT2D eigenvalue weighted by molar-refractivity contribution is 0.0629. The van der Waals surface area contributed by atoms with Gasteiger partial charge in [-0.05, 0) is 31.7 Å². The highest BCUT2D eigenvalue weighted by Crippen LogP contribution is 2.32. The summed E-state index contributed by atoms with van der Waals surface area (Å²) in [5.41, 5.74) is 3.17. The van der Waals surface area contributed by atoms with E-state index in [1.165, 1.54) is 25.0 Å². The number of carbonyl (C=O) groups is 1. The van der Waals surface area contributed by atoms with Crippen LogP contribution in [0, 0.1) is 5.92 Å². The average molecular weight is 331 g/mol. The molecule has 132 valence electrons. The van der Waals surface area contributed by atoms with Crippen molar-refractivity contribution in [3.63, 3.8) is 0 Å². The monoisotopic (exact) mass is 331 g/mol. The van der Waals surface area contributed by atoms with Crippen LogP contribution in [-0.4, -0.2) is 64.8 Å². The molecule has 0 radical (unpaired) electrons. The first-order chi connectivity index (χ1) is 11.8. The number of carbonyl (C=O) groups excluding carboxylic acids is 1. The van der Waals surface area contributed by atoms with Crippen molar-refractivity contribution in [3.05, 3.63) is 17.0 Å². The maximum atomic E-state index is 13.1. The zero-order chi connectivity index (χ0) is 16.5. The Morgan fingerprint density at radius 1 is 1.25 bits per heavy atom. The van der Waals surface area contributed by atoms with Gasteiger partial charge < -0.3 is 10.2 Å². The highest BCUT2D eigenvalue weighted by molar-refractivity contribution is 5.94. The fraction of sp³-hybridized carbons (Fsp3) is 0.778. The lowest BCUT2D eigenvalue weighted by atomic mass is 10.1. The molecule has 4 rings (SSSR count). The average Bonchev–Trinajstić information content (AvgIpc) is 3.36. The third kappa shape index (κ3) is 3.22. The summed E-state index contributed by atoms with van der Waals surface area (Å²) in [5.74, 6) is 0.921. The molecule has 1 saturated heterocycles. The fourth-order valence-corrected chi connectivity index (χ4v) is 3.93. The van der Waals surface area contributed by atoms with E-state index < -0.39 is 0 Å². The van der Waals surface area contributed by atoms with Crippen molar-refractivity contribution in [3.8, 4) is 0 Å². The lowest BCUT2D eigenvalue weighted by Gasteiger charge is -2.34. The van der Waals surface area contributed by atoms with Crippen LogP contribution in [0.3, 0.4) is 0 Å². The maximum absolute atomic E-state index is 13.1. The van der Waals surface area contributed by atoms with Crippen molar-refractivity contribution < 1.29 is 4.79 Å². The van der Waals surface area contributed by atoms with Crippen molar-refractivity contribution >= 4 is 5.91 Å². The predicted octanol–water partition coefficient (Wildman–Crippen LogP) is 1.11. The summed E-state index contributed by atoms with van der Waals surface area (Å²) in [7, 11) is 0. The quantitative estimate of drug-likeness (QED) is 0.878. The Hall–Kier alpha value is -1.40. The van der Waals surface area contributed by atoms with Crippen LogP contribution in [0.25, 0.3) is 0 Å². The summed E-state index contributed by atoms with van der Waals surface area (Å²) < 4.78 is 2.15. The van der Waals surface area contributed by atoms with Crippen molar-refractivity contribution in [2.24, 2.45) is 5.92 Å². The molecule has 0 bridgehead atoms. The van der Waals surface area contributed by atoms with E-state index in [0.717, 1.165) is 70.3 Å². The van der Waals surface area contributed by atoms with Gasteiger partial charge in [0.2, 0.25) is 0 Å². The molecule has 3 aliphatic rings. The molecule has 0 aromatic carbocycles. The number of hydrogen-bond acceptors (Lipinski definition) is 4. The van der Waals surface area contributed by atoms with E-state index in [4.69, 9.17) is 5.10 Å².